The first-order valence-electron chi connectivity index (χ1n) is 14.5. The predicted molar refractivity (Wildman–Crippen MR) is 172 cm³/mol. The maximum absolute atomic E-state index is 9.61. The van der Waals surface area contributed by atoms with Crippen molar-refractivity contribution in [1.82, 2.24) is 0 Å². The smallest absolute Gasteiger partial charge is 0.135 e. The lowest BCUT2D eigenvalue weighted by Gasteiger charge is -2.53. The second kappa shape index (κ2) is 10.8. The van der Waals surface area contributed by atoms with Gasteiger partial charge in [-0.3, -0.25) is 4.99 Å². The number of rotatable bonds is 4. The second-order valence-electron chi connectivity index (χ2n) is 11.2. The van der Waals surface area contributed by atoms with Crippen molar-refractivity contribution >= 4 is 25.4 Å². The molecular formula is C37H32N3Si. The van der Waals surface area contributed by atoms with Crippen LogP contribution in [-0.4, -0.2) is 26.6 Å². The lowest BCUT2D eigenvalue weighted by Crippen LogP contribution is -2.61. The molecule has 6 atom stereocenters. The van der Waals surface area contributed by atoms with E-state index in [4.69, 9.17) is 4.99 Å². The van der Waals surface area contributed by atoms with Gasteiger partial charge in [-0.2, -0.15) is 5.26 Å². The molecule has 0 bridgehead atoms. The lowest BCUT2D eigenvalue weighted by atomic mass is 9.86. The quantitative estimate of drug-likeness (QED) is 0.318. The molecule has 2 aliphatic heterocycles. The summed E-state index contributed by atoms with van der Waals surface area (Å²) in [5, 5.41) is 11.1. The van der Waals surface area contributed by atoms with Crippen LogP contribution in [0, 0.1) is 17.2 Å². The van der Waals surface area contributed by atoms with Gasteiger partial charge in [0.25, 0.3) is 0 Å². The molecule has 41 heavy (non-hydrogen) atoms. The van der Waals surface area contributed by atoms with E-state index < -0.39 is 8.80 Å². The van der Waals surface area contributed by atoms with E-state index in [1.807, 2.05) is 6.08 Å². The van der Waals surface area contributed by atoms with E-state index >= 15 is 0 Å². The predicted octanol–water partition coefficient (Wildman–Crippen LogP) is 7.52. The van der Waals surface area contributed by atoms with Crippen molar-refractivity contribution in [1.29, 1.82) is 5.26 Å². The number of fused-ring (bicyclic) bond motifs is 2. The van der Waals surface area contributed by atoms with Crippen LogP contribution in [0.3, 0.4) is 0 Å². The third-order valence-corrected chi connectivity index (χ3v) is 12.4. The zero-order valence-corrected chi connectivity index (χ0v) is 24.1. The number of dihydropyridines is 1. The molecule has 0 N–H and O–H groups in total. The van der Waals surface area contributed by atoms with Crippen molar-refractivity contribution in [3.05, 3.63) is 145 Å². The number of nitrogens with zero attached hydrogens (tertiary/aromatic N) is 3. The third kappa shape index (κ3) is 4.47. The molecule has 3 aromatic carbocycles. The molecule has 4 heteroatoms. The molecule has 1 saturated heterocycles. The Morgan fingerprint density at radius 3 is 2.02 bits per heavy atom. The summed E-state index contributed by atoms with van der Waals surface area (Å²) in [6.45, 7) is 2.19. The molecular weight excluding hydrogens is 515 g/mol. The molecule has 2 aliphatic carbocycles. The van der Waals surface area contributed by atoms with Crippen LogP contribution in [0.4, 0.5) is 5.69 Å². The molecule has 3 nitrogen and oxygen atoms in total. The van der Waals surface area contributed by atoms with E-state index in [0.717, 1.165) is 0 Å². The summed E-state index contributed by atoms with van der Waals surface area (Å²) in [5.74, 6) is 0.207. The van der Waals surface area contributed by atoms with Crippen molar-refractivity contribution in [2.45, 2.75) is 36.1 Å². The highest BCUT2D eigenvalue weighted by Gasteiger charge is 2.48. The van der Waals surface area contributed by atoms with E-state index in [2.05, 4.69) is 151 Å². The van der Waals surface area contributed by atoms with Gasteiger partial charge in [-0.15, -0.1) is 0 Å². The molecule has 0 spiro atoms. The average molecular weight is 547 g/mol. The standard InChI is InChI=1S/C37H32N3Si/c1-26-23-24-27(25-38)39-37(26)31-17-6-5-15-29(31)30-16-7-8-18-32(30)40-33-19-9-11-21-35(33)41(28-13-3-2-4-14-28)36-22-12-10-20-34(36)40/h2-24,26,33-37H,1H3. The first-order valence-corrected chi connectivity index (χ1v) is 16.1. The number of para-hydroxylation sites is 1. The normalized spacial score (nSPS) is 28.1. The maximum atomic E-state index is 9.61. The lowest BCUT2D eigenvalue weighted by molar-refractivity contribution is 0.564. The Morgan fingerprint density at radius 2 is 1.32 bits per heavy atom. The topological polar surface area (TPSA) is 39.4 Å². The van der Waals surface area contributed by atoms with E-state index in [9.17, 15) is 5.26 Å². The molecule has 6 unspecified atom stereocenters. The minimum atomic E-state index is -0.953. The van der Waals surface area contributed by atoms with Crippen LogP contribution in [0.5, 0.6) is 0 Å². The summed E-state index contributed by atoms with van der Waals surface area (Å²) in [4.78, 5) is 7.56. The summed E-state index contributed by atoms with van der Waals surface area (Å²) in [6, 6.07) is 31.4. The Labute approximate surface area is 244 Å². The number of hydrogen-bond acceptors (Lipinski definition) is 3. The Balaban J connectivity index is 1.38. The summed E-state index contributed by atoms with van der Waals surface area (Å²) in [5.41, 5.74) is 6.21. The van der Waals surface area contributed by atoms with Crippen molar-refractivity contribution in [2.75, 3.05) is 4.90 Å². The minimum Gasteiger partial charge on any atom is -0.358 e. The fourth-order valence-corrected chi connectivity index (χ4v) is 10.8. The number of hydrogen-bond donors (Lipinski definition) is 0. The van der Waals surface area contributed by atoms with Gasteiger partial charge in [-0.1, -0.05) is 140 Å². The average Bonchev–Trinajstić information content (AvgIpc) is 3.04. The van der Waals surface area contributed by atoms with E-state index in [0.29, 0.717) is 16.8 Å². The Hall–Kier alpha value is -4.46. The molecule has 1 fully saturated rings. The van der Waals surface area contributed by atoms with Crippen LogP contribution < -0.4 is 10.1 Å². The number of benzene rings is 3. The highest BCUT2D eigenvalue weighted by atomic mass is 28.3. The molecule has 2 heterocycles. The minimum absolute atomic E-state index is 0.0938. The Morgan fingerprint density at radius 1 is 0.707 bits per heavy atom. The SMILES string of the molecule is CC1C=CC(C#N)=NC1c1ccccc1-c1ccccc1N1C2C=CC=CC2[Si](c2ccccc2)C2C=CC=CC21. The number of aliphatic imine (C=N–C) groups is 1. The van der Waals surface area contributed by atoms with Crippen LogP contribution in [-0.2, 0) is 0 Å². The summed E-state index contributed by atoms with van der Waals surface area (Å²) in [7, 11) is -0.953. The van der Waals surface area contributed by atoms with Crippen LogP contribution in [0.15, 0.2) is 145 Å². The van der Waals surface area contributed by atoms with Gasteiger partial charge in [0.15, 0.2) is 0 Å². The van der Waals surface area contributed by atoms with Crippen LogP contribution in [0.25, 0.3) is 11.1 Å². The fourth-order valence-electron chi connectivity index (χ4n) is 7.06. The molecule has 0 amide bonds. The third-order valence-electron chi connectivity index (χ3n) is 8.88. The van der Waals surface area contributed by atoms with Gasteiger partial charge in [0, 0.05) is 28.3 Å². The highest BCUT2D eigenvalue weighted by molar-refractivity contribution is 6.77. The number of anilines is 1. The van der Waals surface area contributed by atoms with Crippen LogP contribution in [0.1, 0.15) is 18.5 Å². The molecule has 4 aliphatic rings. The van der Waals surface area contributed by atoms with Gasteiger partial charge < -0.3 is 4.90 Å². The van der Waals surface area contributed by atoms with Crippen LogP contribution >= 0.6 is 0 Å². The van der Waals surface area contributed by atoms with E-state index in [1.54, 1.807) is 0 Å². The molecule has 3 aromatic rings. The van der Waals surface area contributed by atoms with E-state index in [1.165, 1.54) is 27.6 Å². The van der Waals surface area contributed by atoms with Gasteiger partial charge >= 0.3 is 0 Å². The zero-order valence-electron chi connectivity index (χ0n) is 23.1. The van der Waals surface area contributed by atoms with Crippen LogP contribution in [0.2, 0.25) is 11.1 Å². The fraction of sp³-hybridized carbons (Fsp3) is 0.189. The van der Waals surface area contributed by atoms with Crippen molar-refractivity contribution in [3.8, 4) is 17.2 Å². The first-order chi connectivity index (χ1) is 20.2. The molecule has 0 saturated carbocycles. The van der Waals surface area contributed by atoms with Gasteiger partial charge in [-0.05, 0) is 23.3 Å². The number of nitriles is 1. The molecule has 7 rings (SSSR count). The molecule has 199 valence electrons. The van der Waals surface area contributed by atoms with Crippen molar-refractivity contribution in [2.24, 2.45) is 10.9 Å². The number of allylic oxidation sites excluding steroid dienone is 5. The maximum Gasteiger partial charge on any atom is 0.135 e. The highest BCUT2D eigenvalue weighted by Crippen LogP contribution is 2.49. The first kappa shape index (κ1) is 25.5. The van der Waals surface area contributed by atoms with Gasteiger partial charge in [-0.25, -0.2) is 0 Å². The Bertz CT molecular complexity index is 1640. The summed E-state index contributed by atoms with van der Waals surface area (Å²) in [6.07, 6.45) is 22.7. The largest absolute Gasteiger partial charge is 0.358 e. The second-order valence-corrected chi connectivity index (χ2v) is 14.0. The van der Waals surface area contributed by atoms with Crippen molar-refractivity contribution in [3.63, 3.8) is 0 Å². The van der Waals surface area contributed by atoms with E-state index in [-0.39, 0.29) is 24.0 Å². The molecule has 0 aromatic heterocycles. The summed E-state index contributed by atoms with van der Waals surface area (Å²) >= 11 is 0. The van der Waals surface area contributed by atoms with Gasteiger partial charge in [0.2, 0.25) is 0 Å². The Kier molecular flexibility index (Phi) is 6.74. The van der Waals surface area contributed by atoms with Gasteiger partial charge in [0.05, 0.1) is 18.1 Å². The van der Waals surface area contributed by atoms with Crippen molar-refractivity contribution < 1.29 is 0 Å². The molecule has 1 radical (unpaired) electrons. The zero-order chi connectivity index (χ0) is 27.8. The summed E-state index contributed by atoms with van der Waals surface area (Å²) < 4.78 is 0. The monoisotopic (exact) mass is 546 g/mol. The van der Waals surface area contributed by atoms with Gasteiger partial charge in [0.1, 0.15) is 20.6 Å².